The Morgan fingerprint density at radius 2 is 2.25 bits per heavy atom. The quantitative estimate of drug-likeness (QED) is 0.840. The molecular formula is C13H21N3. The van der Waals surface area contributed by atoms with Crippen molar-refractivity contribution in [3.8, 4) is 0 Å². The Balaban J connectivity index is 1.90. The Morgan fingerprint density at radius 3 is 2.94 bits per heavy atom. The molecule has 1 saturated heterocycles. The molecule has 0 bridgehead atoms. The van der Waals surface area contributed by atoms with Crippen molar-refractivity contribution in [2.24, 2.45) is 11.7 Å². The molecule has 88 valence electrons. The fourth-order valence-corrected chi connectivity index (χ4v) is 2.41. The molecule has 0 spiro atoms. The molecule has 3 nitrogen and oxygen atoms in total. The van der Waals surface area contributed by atoms with Crippen molar-refractivity contribution in [2.45, 2.75) is 32.4 Å². The van der Waals surface area contributed by atoms with Crippen LogP contribution in [0.5, 0.6) is 0 Å². The Morgan fingerprint density at radius 1 is 1.50 bits per heavy atom. The Hall–Kier alpha value is -0.930. The van der Waals surface area contributed by atoms with E-state index in [-0.39, 0.29) is 0 Å². The largest absolute Gasteiger partial charge is 0.328 e. The average molecular weight is 219 g/mol. The number of hydrogen-bond acceptors (Lipinski definition) is 3. The molecule has 2 atom stereocenters. The van der Waals surface area contributed by atoms with Gasteiger partial charge in [0, 0.05) is 31.5 Å². The first-order chi connectivity index (χ1) is 7.75. The molecule has 1 aliphatic heterocycles. The van der Waals surface area contributed by atoms with Crippen LogP contribution in [0.25, 0.3) is 0 Å². The minimum atomic E-state index is 0.320. The van der Waals surface area contributed by atoms with Gasteiger partial charge >= 0.3 is 0 Å². The van der Waals surface area contributed by atoms with Crippen LogP contribution in [0.15, 0.2) is 24.5 Å². The molecule has 0 aliphatic carbocycles. The van der Waals surface area contributed by atoms with Crippen LogP contribution in [0.2, 0.25) is 0 Å². The predicted octanol–water partition coefficient (Wildman–Crippen LogP) is 1.64. The Bertz CT molecular complexity index is 310. The van der Waals surface area contributed by atoms with E-state index in [4.69, 9.17) is 5.73 Å². The lowest BCUT2D eigenvalue weighted by Crippen LogP contribution is -2.41. The minimum absolute atomic E-state index is 0.320. The van der Waals surface area contributed by atoms with Gasteiger partial charge in [-0.1, -0.05) is 0 Å². The monoisotopic (exact) mass is 219 g/mol. The third kappa shape index (κ3) is 3.03. The number of piperidine rings is 1. The van der Waals surface area contributed by atoms with Crippen molar-refractivity contribution < 1.29 is 0 Å². The number of nitrogens with zero attached hydrogens (tertiary/aromatic N) is 2. The Kier molecular flexibility index (Phi) is 3.91. The van der Waals surface area contributed by atoms with Crippen molar-refractivity contribution in [1.29, 1.82) is 0 Å². The first kappa shape index (κ1) is 11.6. The van der Waals surface area contributed by atoms with Crippen LogP contribution >= 0.6 is 0 Å². The third-order valence-corrected chi connectivity index (χ3v) is 3.44. The number of likely N-dealkylation sites (tertiary alicyclic amines) is 1. The zero-order valence-corrected chi connectivity index (χ0v) is 9.97. The summed E-state index contributed by atoms with van der Waals surface area (Å²) in [4.78, 5) is 6.55. The van der Waals surface area contributed by atoms with E-state index < -0.39 is 0 Å². The topological polar surface area (TPSA) is 42.1 Å². The van der Waals surface area contributed by atoms with Crippen LogP contribution in [0.3, 0.4) is 0 Å². The van der Waals surface area contributed by atoms with Gasteiger partial charge in [0.25, 0.3) is 0 Å². The van der Waals surface area contributed by atoms with Gasteiger partial charge in [-0.3, -0.25) is 9.88 Å². The summed E-state index contributed by atoms with van der Waals surface area (Å²) in [5.41, 5.74) is 7.33. The fraction of sp³-hybridized carbons (Fsp3) is 0.615. The highest BCUT2D eigenvalue weighted by Crippen LogP contribution is 2.20. The van der Waals surface area contributed by atoms with Crippen molar-refractivity contribution in [2.75, 3.05) is 13.1 Å². The lowest BCUT2D eigenvalue weighted by Gasteiger charge is -2.34. The van der Waals surface area contributed by atoms with Crippen molar-refractivity contribution in [3.05, 3.63) is 30.1 Å². The second-order valence-electron chi connectivity index (χ2n) is 4.85. The summed E-state index contributed by atoms with van der Waals surface area (Å²) in [7, 11) is 0. The van der Waals surface area contributed by atoms with Gasteiger partial charge in [-0.15, -0.1) is 0 Å². The molecule has 1 aromatic heterocycles. The smallest absolute Gasteiger partial charge is 0.0271 e. The standard InChI is InChI=1S/C13H21N3/c1-11(14)13-3-2-8-16(10-13)9-12-4-6-15-7-5-12/h4-7,11,13H,2-3,8-10,14H2,1H3. The van der Waals surface area contributed by atoms with Crippen molar-refractivity contribution >= 4 is 0 Å². The van der Waals surface area contributed by atoms with E-state index in [9.17, 15) is 0 Å². The van der Waals surface area contributed by atoms with Gasteiger partial charge in [0.1, 0.15) is 0 Å². The number of hydrogen-bond donors (Lipinski definition) is 1. The molecule has 16 heavy (non-hydrogen) atoms. The number of rotatable bonds is 3. The van der Waals surface area contributed by atoms with Crippen LogP contribution in [0.1, 0.15) is 25.3 Å². The van der Waals surface area contributed by atoms with Crippen LogP contribution in [-0.4, -0.2) is 29.0 Å². The number of pyridine rings is 1. The zero-order valence-electron chi connectivity index (χ0n) is 9.97. The van der Waals surface area contributed by atoms with E-state index in [2.05, 4.69) is 28.9 Å². The first-order valence-corrected chi connectivity index (χ1v) is 6.12. The summed E-state index contributed by atoms with van der Waals surface area (Å²) in [6.45, 7) is 5.50. The van der Waals surface area contributed by atoms with Crippen LogP contribution in [0.4, 0.5) is 0 Å². The summed E-state index contributed by atoms with van der Waals surface area (Å²) in [6.07, 6.45) is 6.28. The highest BCUT2D eigenvalue weighted by Gasteiger charge is 2.22. The summed E-state index contributed by atoms with van der Waals surface area (Å²) in [6, 6.07) is 4.51. The van der Waals surface area contributed by atoms with Gasteiger partial charge < -0.3 is 5.73 Å². The maximum absolute atomic E-state index is 5.99. The molecule has 1 fully saturated rings. The van der Waals surface area contributed by atoms with E-state index in [1.165, 1.54) is 24.9 Å². The SMILES string of the molecule is CC(N)C1CCCN(Cc2ccncc2)C1. The minimum Gasteiger partial charge on any atom is -0.328 e. The van der Waals surface area contributed by atoms with Gasteiger partial charge in [0.15, 0.2) is 0 Å². The summed E-state index contributed by atoms with van der Waals surface area (Å²) in [5.74, 6) is 0.663. The lowest BCUT2D eigenvalue weighted by atomic mass is 9.92. The first-order valence-electron chi connectivity index (χ1n) is 6.12. The molecule has 0 aromatic carbocycles. The number of nitrogens with two attached hydrogens (primary N) is 1. The Labute approximate surface area is 97.7 Å². The molecule has 0 radical (unpaired) electrons. The lowest BCUT2D eigenvalue weighted by molar-refractivity contribution is 0.154. The van der Waals surface area contributed by atoms with E-state index in [0.29, 0.717) is 12.0 Å². The second kappa shape index (κ2) is 5.41. The van der Waals surface area contributed by atoms with E-state index in [1.54, 1.807) is 0 Å². The van der Waals surface area contributed by atoms with E-state index in [0.717, 1.165) is 13.1 Å². The highest BCUT2D eigenvalue weighted by atomic mass is 15.1. The summed E-state index contributed by atoms with van der Waals surface area (Å²) >= 11 is 0. The molecule has 2 rings (SSSR count). The predicted molar refractivity (Wildman–Crippen MR) is 65.9 cm³/mol. The van der Waals surface area contributed by atoms with E-state index >= 15 is 0 Å². The maximum atomic E-state index is 5.99. The molecule has 0 amide bonds. The normalized spacial score (nSPS) is 24.2. The molecular weight excluding hydrogens is 198 g/mol. The van der Waals surface area contributed by atoms with Gasteiger partial charge in [0.05, 0.1) is 0 Å². The third-order valence-electron chi connectivity index (χ3n) is 3.44. The fourth-order valence-electron chi connectivity index (χ4n) is 2.41. The van der Waals surface area contributed by atoms with Gasteiger partial charge in [-0.05, 0) is 49.9 Å². The van der Waals surface area contributed by atoms with Gasteiger partial charge in [-0.25, -0.2) is 0 Å². The molecule has 0 saturated carbocycles. The van der Waals surface area contributed by atoms with Crippen molar-refractivity contribution in [1.82, 2.24) is 9.88 Å². The molecule has 3 heteroatoms. The molecule has 1 aromatic rings. The second-order valence-corrected chi connectivity index (χ2v) is 4.85. The van der Waals surface area contributed by atoms with E-state index in [1.807, 2.05) is 12.4 Å². The zero-order chi connectivity index (χ0) is 11.4. The summed E-state index contributed by atoms with van der Waals surface area (Å²) < 4.78 is 0. The number of aromatic nitrogens is 1. The highest BCUT2D eigenvalue weighted by molar-refractivity contribution is 5.09. The maximum Gasteiger partial charge on any atom is 0.0271 e. The molecule has 1 aliphatic rings. The molecule has 2 N–H and O–H groups in total. The van der Waals surface area contributed by atoms with Crippen molar-refractivity contribution in [3.63, 3.8) is 0 Å². The van der Waals surface area contributed by atoms with Crippen LogP contribution in [0, 0.1) is 5.92 Å². The van der Waals surface area contributed by atoms with Crippen LogP contribution in [-0.2, 0) is 6.54 Å². The van der Waals surface area contributed by atoms with Crippen LogP contribution < -0.4 is 5.73 Å². The van der Waals surface area contributed by atoms with Gasteiger partial charge in [-0.2, -0.15) is 0 Å². The molecule has 2 unspecified atom stereocenters. The van der Waals surface area contributed by atoms with Gasteiger partial charge in [0.2, 0.25) is 0 Å². The average Bonchev–Trinajstić information content (AvgIpc) is 2.30. The summed E-state index contributed by atoms with van der Waals surface area (Å²) in [5, 5.41) is 0. The molecule has 2 heterocycles.